The van der Waals surface area contributed by atoms with Crippen LogP contribution in [0.25, 0.3) is 20.8 Å². The Morgan fingerprint density at radius 3 is 2.80 bits per heavy atom. The molecule has 1 unspecified atom stereocenters. The minimum Gasteiger partial charge on any atom is -0.325 e. The van der Waals surface area contributed by atoms with Crippen LogP contribution >= 0.6 is 23.1 Å². The average Bonchev–Trinajstić information content (AvgIpc) is 3.33. The number of nitrogens with one attached hydrogen (secondary N) is 1. The van der Waals surface area contributed by atoms with Gasteiger partial charge in [-0.25, -0.2) is 9.67 Å². The Kier molecular flexibility index (Phi) is 5.00. The van der Waals surface area contributed by atoms with Gasteiger partial charge in [-0.1, -0.05) is 17.8 Å². The Hall–Kier alpha value is -2.78. The molecule has 0 saturated heterocycles. The van der Waals surface area contributed by atoms with Crippen molar-refractivity contribution in [2.45, 2.75) is 43.1 Å². The molecule has 0 bridgehead atoms. The maximum atomic E-state index is 12.6. The van der Waals surface area contributed by atoms with Gasteiger partial charge in [-0.15, -0.1) is 16.4 Å². The molecule has 1 aliphatic rings. The second kappa shape index (κ2) is 7.81. The van der Waals surface area contributed by atoms with Crippen LogP contribution in [0.15, 0.2) is 47.6 Å². The summed E-state index contributed by atoms with van der Waals surface area (Å²) in [6.45, 7) is 3.95. The summed E-state index contributed by atoms with van der Waals surface area (Å²) in [5.41, 5.74) is 4.04. The van der Waals surface area contributed by atoms with Gasteiger partial charge in [0.15, 0.2) is 0 Å². The quantitative estimate of drug-likeness (QED) is 0.441. The zero-order chi connectivity index (χ0) is 20.7. The number of nitrogens with zero attached hydrogens (tertiary/aromatic N) is 5. The average molecular weight is 437 g/mol. The largest absolute Gasteiger partial charge is 0.325 e. The van der Waals surface area contributed by atoms with Crippen molar-refractivity contribution >= 4 is 44.9 Å². The first kappa shape index (κ1) is 19.2. The van der Waals surface area contributed by atoms with Gasteiger partial charge >= 0.3 is 0 Å². The van der Waals surface area contributed by atoms with Crippen molar-refractivity contribution in [3.8, 4) is 10.6 Å². The number of carbonyl (C=O) groups is 1. The van der Waals surface area contributed by atoms with Crippen LogP contribution in [0.1, 0.15) is 31.4 Å². The maximum absolute atomic E-state index is 12.6. The fraction of sp³-hybridized carbons (Fsp3) is 0.286. The summed E-state index contributed by atoms with van der Waals surface area (Å²) < 4.78 is 3.00. The number of anilines is 1. The second-order valence-electron chi connectivity index (χ2n) is 7.45. The normalized spacial score (nSPS) is 14.7. The summed E-state index contributed by atoms with van der Waals surface area (Å²) in [5, 5.41) is 16.2. The molecule has 0 aliphatic heterocycles. The van der Waals surface area contributed by atoms with Gasteiger partial charge in [-0.3, -0.25) is 4.79 Å². The molecule has 1 saturated carbocycles. The van der Waals surface area contributed by atoms with Crippen LogP contribution < -0.4 is 5.32 Å². The number of thiazole rings is 1. The fourth-order valence-corrected chi connectivity index (χ4v) is 5.05. The Morgan fingerprint density at radius 2 is 2.03 bits per heavy atom. The number of aryl methyl sites for hydroxylation is 1. The first-order chi connectivity index (χ1) is 14.6. The number of hydrogen-bond acceptors (Lipinski definition) is 7. The van der Waals surface area contributed by atoms with E-state index in [9.17, 15) is 4.79 Å². The molecule has 1 N–H and O–H groups in total. The Labute approximate surface area is 181 Å². The highest BCUT2D eigenvalue weighted by atomic mass is 32.2. The maximum Gasteiger partial charge on any atom is 0.237 e. The molecular weight excluding hydrogens is 416 g/mol. The monoisotopic (exact) mass is 436 g/mol. The van der Waals surface area contributed by atoms with Crippen LogP contribution in [-0.2, 0) is 4.79 Å². The lowest BCUT2D eigenvalue weighted by atomic mass is 10.2. The van der Waals surface area contributed by atoms with E-state index in [4.69, 9.17) is 4.98 Å². The molecule has 9 heteroatoms. The number of rotatable bonds is 6. The Bertz CT molecular complexity index is 1210. The minimum atomic E-state index is -0.305. The predicted octanol–water partition coefficient (Wildman–Crippen LogP) is 4.71. The van der Waals surface area contributed by atoms with Crippen LogP contribution in [0.5, 0.6) is 0 Å². The highest BCUT2D eigenvalue weighted by Crippen LogP contribution is 2.37. The molecule has 5 rings (SSSR count). The van der Waals surface area contributed by atoms with Gasteiger partial charge in [0.25, 0.3) is 0 Å². The van der Waals surface area contributed by atoms with Crippen molar-refractivity contribution < 1.29 is 4.79 Å². The molecule has 2 aromatic carbocycles. The fourth-order valence-electron chi connectivity index (χ4n) is 3.12. The summed E-state index contributed by atoms with van der Waals surface area (Å²) in [5.74, 6) is -0.0754. The SMILES string of the molecule is Cc1ccc2nc(-c3ccc(NC(=O)C(C)Sc4nnnn4C4CC4)cc3)sc2c1. The van der Waals surface area contributed by atoms with E-state index in [1.54, 1.807) is 11.3 Å². The van der Waals surface area contributed by atoms with Crippen LogP contribution in [0, 0.1) is 6.92 Å². The van der Waals surface area contributed by atoms with Gasteiger partial charge in [-0.2, -0.15) is 0 Å². The summed E-state index contributed by atoms with van der Waals surface area (Å²) in [7, 11) is 0. The van der Waals surface area contributed by atoms with Crippen LogP contribution in [0.4, 0.5) is 5.69 Å². The lowest BCUT2D eigenvalue weighted by Crippen LogP contribution is -2.23. The lowest BCUT2D eigenvalue weighted by molar-refractivity contribution is -0.115. The third-order valence-electron chi connectivity index (χ3n) is 4.95. The van der Waals surface area contributed by atoms with E-state index in [1.165, 1.54) is 22.0 Å². The standard InChI is InChI=1S/C21H20N6OS2/c1-12-3-10-17-18(11-12)30-20(23-17)14-4-6-15(7-5-14)22-19(28)13(2)29-21-24-25-26-27(21)16-8-9-16/h3-7,10-11,13,16H,8-9H2,1-2H3,(H,22,28). The van der Waals surface area contributed by atoms with Crippen molar-refractivity contribution in [3.63, 3.8) is 0 Å². The van der Waals surface area contributed by atoms with Gasteiger partial charge in [0, 0.05) is 11.3 Å². The first-order valence-electron chi connectivity index (χ1n) is 9.80. The molecule has 0 spiro atoms. The van der Waals surface area contributed by atoms with Gasteiger partial charge in [0.1, 0.15) is 5.01 Å². The van der Waals surface area contributed by atoms with E-state index in [-0.39, 0.29) is 11.2 Å². The van der Waals surface area contributed by atoms with Crippen LogP contribution in [-0.4, -0.2) is 36.3 Å². The molecule has 152 valence electrons. The first-order valence-corrected chi connectivity index (χ1v) is 11.5. The molecular formula is C21H20N6OS2. The van der Waals surface area contributed by atoms with Crippen LogP contribution in [0.2, 0.25) is 0 Å². The van der Waals surface area contributed by atoms with Crippen molar-refractivity contribution in [3.05, 3.63) is 48.0 Å². The second-order valence-corrected chi connectivity index (χ2v) is 9.79. The zero-order valence-electron chi connectivity index (χ0n) is 16.6. The van der Waals surface area contributed by atoms with Gasteiger partial charge in [0.2, 0.25) is 11.1 Å². The Morgan fingerprint density at radius 1 is 1.23 bits per heavy atom. The number of benzene rings is 2. The van der Waals surface area contributed by atoms with Crippen molar-refractivity contribution in [1.29, 1.82) is 0 Å². The van der Waals surface area contributed by atoms with Crippen molar-refractivity contribution in [2.75, 3.05) is 5.32 Å². The van der Waals surface area contributed by atoms with E-state index in [0.29, 0.717) is 11.2 Å². The molecule has 30 heavy (non-hydrogen) atoms. The predicted molar refractivity (Wildman–Crippen MR) is 120 cm³/mol. The summed E-state index contributed by atoms with van der Waals surface area (Å²) in [6.07, 6.45) is 2.19. The third kappa shape index (κ3) is 3.95. The highest BCUT2D eigenvalue weighted by Gasteiger charge is 2.29. The summed E-state index contributed by atoms with van der Waals surface area (Å²) >= 11 is 3.06. The number of thioether (sulfide) groups is 1. The molecule has 2 aromatic heterocycles. The minimum absolute atomic E-state index is 0.0754. The van der Waals surface area contributed by atoms with Crippen LogP contribution in [0.3, 0.4) is 0 Å². The molecule has 2 heterocycles. The third-order valence-corrected chi connectivity index (χ3v) is 7.06. The van der Waals surface area contributed by atoms with Crippen molar-refractivity contribution in [2.24, 2.45) is 0 Å². The number of amides is 1. The number of carbonyl (C=O) groups excluding carboxylic acids is 1. The van der Waals surface area contributed by atoms with E-state index in [2.05, 4.69) is 46.0 Å². The molecule has 1 fully saturated rings. The lowest BCUT2D eigenvalue weighted by Gasteiger charge is -2.11. The molecule has 1 atom stereocenters. The number of tetrazole rings is 1. The van der Waals surface area contributed by atoms with E-state index < -0.39 is 0 Å². The summed E-state index contributed by atoms with van der Waals surface area (Å²) in [4.78, 5) is 17.3. The zero-order valence-corrected chi connectivity index (χ0v) is 18.2. The smallest absolute Gasteiger partial charge is 0.237 e. The molecule has 0 radical (unpaired) electrons. The van der Waals surface area contributed by atoms with Crippen molar-refractivity contribution in [1.82, 2.24) is 25.2 Å². The van der Waals surface area contributed by atoms with Gasteiger partial charge in [-0.05, 0) is 79.1 Å². The number of aromatic nitrogens is 5. The van der Waals surface area contributed by atoms with E-state index in [1.807, 2.05) is 35.9 Å². The Balaban J connectivity index is 1.25. The number of hydrogen-bond donors (Lipinski definition) is 1. The number of fused-ring (bicyclic) bond motifs is 1. The van der Waals surface area contributed by atoms with Gasteiger partial charge in [0.05, 0.1) is 21.5 Å². The summed E-state index contributed by atoms with van der Waals surface area (Å²) in [6, 6.07) is 14.5. The molecule has 7 nitrogen and oxygen atoms in total. The van der Waals surface area contributed by atoms with E-state index >= 15 is 0 Å². The highest BCUT2D eigenvalue weighted by molar-refractivity contribution is 8.00. The molecule has 4 aromatic rings. The topological polar surface area (TPSA) is 85.6 Å². The van der Waals surface area contributed by atoms with E-state index in [0.717, 1.165) is 34.6 Å². The molecule has 1 aliphatic carbocycles. The van der Waals surface area contributed by atoms with Gasteiger partial charge < -0.3 is 5.32 Å². The molecule has 1 amide bonds.